The van der Waals surface area contributed by atoms with Crippen LogP contribution >= 0.6 is 0 Å². The lowest BCUT2D eigenvalue weighted by Crippen LogP contribution is -2.18. The highest BCUT2D eigenvalue weighted by molar-refractivity contribution is 5.92. The summed E-state index contributed by atoms with van der Waals surface area (Å²) in [7, 11) is 0. The van der Waals surface area contributed by atoms with Gasteiger partial charge in [-0.05, 0) is 6.42 Å². The third kappa shape index (κ3) is 1.97. The first-order valence-corrected chi connectivity index (χ1v) is 4.59. The number of carbonyl (C=O) groups excluding carboxylic acids is 1. The Morgan fingerprint density at radius 3 is 2.50 bits per heavy atom. The van der Waals surface area contributed by atoms with Gasteiger partial charge in [-0.15, -0.1) is 0 Å². The van der Waals surface area contributed by atoms with Crippen molar-refractivity contribution in [3.05, 3.63) is 0 Å². The molecule has 0 radical (unpaired) electrons. The van der Waals surface area contributed by atoms with E-state index in [1.807, 2.05) is 0 Å². The van der Waals surface area contributed by atoms with E-state index in [1.165, 1.54) is 12.8 Å². The van der Waals surface area contributed by atoms with Crippen LogP contribution in [0.4, 0.5) is 0 Å². The first-order chi connectivity index (χ1) is 5.75. The number of hydrogen-bond acceptors (Lipinski definition) is 3. The van der Waals surface area contributed by atoms with Gasteiger partial charge in [0.25, 0.3) is 0 Å². The molecule has 1 saturated heterocycles. The second kappa shape index (κ2) is 3.90. The van der Waals surface area contributed by atoms with Crippen molar-refractivity contribution in [1.29, 1.82) is 0 Å². The third-order valence-electron chi connectivity index (χ3n) is 2.31. The van der Waals surface area contributed by atoms with E-state index >= 15 is 0 Å². The van der Waals surface area contributed by atoms with Gasteiger partial charge < -0.3 is 9.84 Å². The topological polar surface area (TPSA) is 49.8 Å². The summed E-state index contributed by atoms with van der Waals surface area (Å²) >= 11 is 0. The van der Waals surface area contributed by atoms with Crippen LogP contribution in [0, 0.1) is 0 Å². The van der Waals surface area contributed by atoms with Crippen LogP contribution in [0.15, 0.2) is 0 Å². The average Bonchev–Trinajstić information content (AvgIpc) is 2.72. The van der Waals surface area contributed by atoms with Gasteiger partial charge in [-0.25, -0.2) is 4.79 Å². The lowest BCUT2D eigenvalue weighted by molar-refractivity contribution is -0.117. The van der Waals surface area contributed by atoms with Crippen LogP contribution in [0.2, 0.25) is 0 Å². The number of carbonyl (C=O) groups is 1. The Labute approximate surface area is 72.7 Å². The standard InChI is InChI=1S/C9H16O3/c1-2-3-4-5-6-9(7-10)8(11)12-9/h10H,2-7H2,1H3/t9-/m1/s1. The van der Waals surface area contributed by atoms with Crippen molar-refractivity contribution in [2.24, 2.45) is 0 Å². The maximum Gasteiger partial charge on any atom is 0.354 e. The Kier molecular flexibility index (Phi) is 3.09. The van der Waals surface area contributed by atoms with Gasteiger partial charge in [-0.2, -0.15) is 0 Å². The molecule has 0 spiro atoms. The minimum absolute atomic E-state index is 0.155. The fraction of sp³-hybridized carbons (Fsp3) is 0.889. The van der Waals surface area contributed by atoms with Gasteiger partial charge in [0, 0.05) is 6.42 Å². The maximum atomic E-state index is 10.7. The van der Waals surface area contributed by atoms with Crippen molar-refractivity contribution < 1.29 is 14.6 Å². The van der Waals surface area contributed by atoms with Gasteiger partial charge in [0.05, 0.1) is 6.61 Å². The molecule has 0 unspecified atom stereocenters. The maximum absolute atomic E-state index is 10.7. The zero-order valence-electron chi connectivity index (χ0n) is 7.51. The molecule has 0 aromatic rings. The Hall–Kier alpha value is -0.570. The summed E-state index contributed by atoms with van der Waals surface area (Å²) in [4.78, 5) is 10.7. The Balaban J connectivity index is 2.10. The van der Waals surface area contributed by atoms with Crippen LogP contribution in [0.3, 0.4) is 0 Å². The molecule has 0 amide bonds. The van der Waals surface area contributed by atoms with Gasteiger partial charge in [-0.3, -0.25) is 0 Å². The predicted molar refractivity (Wildman–Crippen MR) is 44.7 cm³/mol. The zero-order chi connectivity index (χ0) is 9.03. The van der Waals surface area contributed by atoms with Crippen molar-refractivity contribution in [3.8, 4) is 0 Å². The molecule has 0 saturated carbocycles. The third-order valence-corrected chi connectivity index (χ3v) is 2.31. The van der Waals surface area contributed by atoms with E-state index in [2.05, 4.69) is 6.92 Å². The first kappa shape index (κ1) is 9.52. The molecule has 0 aromatic heterocycles. The van der Waals surface area contributed by atoms with E-state index in [0.717, 1.165) is 12.8 Å². The molecule has 1 aliphatic heterocycles. The number of cyclic esters (lactones) is 1. The summed E-state index contributed by atoms with van der Waals surface area (Å²) < 4.78 is 4.74. The summed E-state index contributed by atoms with van der Waals surface area (Å²) in [5.41, 5.74) is -0.784. The predicted octanol–water partition coefficient (Wildman–Crippen LogP) is 1.24. The molecule has 1 heterocycles. The van der Waals surface area contributed by atoms with Crippen LogP contribution in [-0.4, -0.2) is 23.3 Å². The molecule has 1 N–H and O–H groups in total. The number of rotatable bonds is 6. The zero-order valence-corrected chi connectivity index (χ0v) is 7.51. The van der Waals surface area contributed by atoms with Crippen molar-refractivity contribution in [3.63, 3.8) is 0 Å². The highest BCUT2D eigenvalue weighted by atomic mass is 16.7. The number of epoxide rings is 1. The highest BCUT2D eigenvalue weighted by Gasteiger charge is 2.56. The van der Waals surface area contributed by atoms with E-state index in [9.17, 15) is 4.79 Å². The molecular formula is C9H16O3. The quantitative estimate of drug-likeness (QED) is 0.484. The van der Waals surface area contributed by atoms with Gasteiger partial charge in [0.1, 0.15) is 0 Å². The molecule has 12 heavy (non-hydrogen) atoms. The number of hydrogen-bond donors (Lipinski definition) is 1. The molecule has 0 aromatic carbocycles. The number of aliphatic hydroxyl groups excluding tert-OH is 1. The minimum atomic E-state index is -0.784. The molecule has 0 bridgehead atoms. The van der Waals surface area contributed by atoms with Crippen LogP contribution in [0.1, 0.15) is 39.0 Å². The molecule has 3 heteroatoms. The Bertz CT molecular complexity index is 167. The fourth-order valence-electron chi connectivity index (χ4n) is 1.32. The number of ether oxygens (including phenoxy) is 1. The van der Waals surface area contributed by atoms with Crippen LogP contribution in [-0.2, 0) is 9.53 Å². The molecule has 1 rings (SSSR count). The monoisotopic (exact) mass is 172 g/mol. The van der Waals surface area contributed by atoms with E-state index < -0.39 is 5.60 Å². The SMILES string of the molecule is CCCCCC[C@]1(CO)OC1=O. The molecule has 70 valence electrons. The van der Waals surface area contributed by atoms with Crippen molar-refractivity contribution in [2.75, 3.05) is 6.61 Å². The van der Waals surface area contributed by atoms with Crippen molar-refractivity contribution in [2.45, 2.75) is 44.6 Å². The number of aliphatic hydroxyl groups is 1. The van der Waals surface area contributed by atoms with E-state index in [4.69, 9.17) is 9.84 Å². The summed E-state index contributed by atoms with van der Waals surface area (Å²) in [5, 5.41) is 8.84. The van der Waals surface area contributed by atoms with E-state index in [1.54, 1.807) is 0 Å². The van der Waals surface area contributed by atoms with Gasteiger partial charge in [0.2, 0.25) is 5.60 Å². The van der Waals surface area contributed by atoms with E-state index in [-0.39, 0.29) is 12.6 Å². The first-order valence-electron chi connectivity index (χ1n) is 4.59. The van der Waals surface area contributed by atoms with Crippen LogP contribution in [0.25, 0.3) is 0 Å². The lowest BCUT2D eigenvalue weighted by Gasteiger charge is -2.02. The average molecular weight is 172 g/mol. The number of unbranched alkanes of at least 4 members (excludes halogenated alkanes) is 3. The van der Waals surface area contributed by atoms with Gasteiger partial charge in [0.15, 0.2) is 0 Å². The van der Waals surface area contributed by atoms with Crippen molar-refractivity contribution in [1.82, 2.24) is 0 Å². The van der Waals surface area contributed by atoms with E-state index in [0.29, 0.717) is 6.42 Å². The largest absolute Gasteiger partial charge is 0.441 e. The summed E-state index contributed by atoms with van der Waals surface area (Å²) in [5.74, 6) is -0.235. The minimum Gasteiger partial charge on any atom is -0.441 e. The van der Waals surface area contributed by atoms with Crippen molar-refractivity contribution >= 4 is 5.97 Å². The van der Waals surface area contributed by atoms with Crippen LogP contribution < -0.4 is 0 Å². The Morgan fingerprint density at radius 1 is 1.42 bits per heavy atom. The highest BCUT2D eigenvalue weighted by Crippen LogP contribution is 2.34. The molecule has 1 fully saturated rings. The lowest BCUT2D eigenvalue weighted by atomic mass is 10.0. The molecule has 1 aliphatic rings. The molecular weight excluding hydrogens is 156 g/mol. The summed E-state index contributed by atoms with van der Waals surface area (Å²) in [6.45, 7) is 1.98. The normalized spacial score (nSPS) is 27.0. The summed E-state index contributed by atoms with van der Waals surface area (Å²) in [6, 6.07) is 0. The van der Waals surface area contributed by atoms with Gasteiger partial charge >= 0.3 is 5.97 Å². The second-order valence-electron chi connectivity index (χ2n) is 3.35. The molecule has 3 nitrogen and oxygen atoms in total. The molecule has 0 aliphatic carbocycles. The summed E-state index contributed by atoms with van der Waals surface area (Å²) in [6.07, 6.45) is 5.15. The van der Waals surface area contributed by atoms with Gasteiger partial charge in [-0.1, -0.05) is 26.2 Å². The fourth-order valence-corrected chi connectivity index (χ4v) is 1.32. The molecule has 1 atom stereocenters. The second-order valence-corrected chi connectivity index (χ2v) is 3.35. The smallest absolute Gasteiger partial charge is 0.354 e. The van der Waals surface area contributed by atoms with Crippen LogP contribution in [0.5, 0.6) is 0 Å². The Morgan fingerprint density at radius 2 is 2.08 bits per heavy atom.